The predicted octanol–water partition coefficient (Wildman–Crippen LogP) is 0.762. The number of carbonyl (C=O) groups is 1. The molecular formula is C5H7ClN2O2. The van der Waals surface area contributed by atoms with Gasteiger partial charge >= 0.3 is 6.03 Å². The van der Waals surface area contributed by atoms with Crippen molar-refractivity contribution in [2.75, 3.05) is 0 Å². The van der Waals surface area contributed by atoms with Gasteiger partial charge in [-0.3, -0.25) is 0 Å². The highest BCUT2D eigenvalue weighted by atomic mass is 35.5. The van der Waals surface area contributed by atoms with Crippen LogP contribution in [0, 0.1) is 0 Å². The molecule has 0 bridgehead atoms. The Morgan fingerprint density at radius 1 is 1.50 bits per heavy atom. The number of primary amides is 1. The lowest BCUT2D eigenvalue weighted by Gasteiger charge is -2.14. The van der Waals surface area contributed by atoms with Crippen molar-refractivity contribution in [2.45, 2.75) is 0 Å². The molecule has 0 aliphatic carbocycles. The van der Waals surface area contributed by atoms with E-state index in [4.69, 9.17) is 5.73 Å². The van der Waals surface area contributed by atoms with Crippen molar-refractivity contribution >= 4 is 18.4 Å². The lowest BCUT2D eigenvalue weighted by Crippen LogP contribution is -2.30. The van der Waals surface area contributed by atoms with Gasteiger partial charge in [0.15, 0.2) is 0 Å². The molecule has 0 radical (unpaired) electrons. The molecule has 10 heavy (non-hydrogen) atoms. The largest absolute Gasteiger partial charge is 0.379 e. The smallest absolute Gasteiger partial charge is 0.352 e. The molecule has 1 heterocycles. The molecule has 0 unspecified atom stereocenters. The first-order valence-electron chi connectivity index (χ1n) is 2.39. The van der Waals surface area contributed by atoms with Crippen LogP contribution in [0.25, 0.3) is 0 Å². The van der Waals surface area contributed by atoms with Crippen molar-refractivity contribution in [3.05, 3.63) is 24.6 Å². The minimum atomic E-state index is -0.629. The molecule has 5 heteroatoms. The van der Waals surface area contributed by atoms with E-state index >= 15 is 0 Å². The molecule has 0 saturated heterocycles. The second-order valence-electron chi connectivity index (χ2n) is 1.44. The van der Waals surface area contributed by atoms with Crippen molar-refractivity contribution in [3.63, 3.8) is 0 Å². The second-order valence-corrected chi connectivity index (χ2v) is 1.44. The van der Waals surface area contributed by atoms with Crippen LogP contribution in [-0.2, 0) is 4.84 Å². The van der Waals surface area contributed by atoms with E-state index in [0.717, 1.165) is 5.06 Å². The van der Waals surface area contributed by atoms with Gasteiger partial charge in [-0.25, -0.2) is 4.79 Å². The van der Waals surface area contributed by atoms with E-state index in [2.05, 4.69) is 4.84 Å². The Morgan fingerprint density at radius 2 is 2.20 bits per heavy atom. The summed E-state index contributed by atoms with van der Waals surface area (Å²) >= 11 is 0. The SMILES string of the molecule is Cl.NC(=O)N1C=CC=CO1. The molecule has 0 spiro atoms. The van der Waals surface area contributed by atoms with Gasteiger partial charge in [-0.1, -0.05) is 0 Å². The highest BCUT2D eigenvalue weighted by Crippen LogP contribution is 1.98. The summed E-state index contributed by atoms with van der Waals surface area (Å²) in [6.07, 6.45) is 6.10. The third-order valence-corrected chi connectivity index (χ3v) is 0.803. The average molecular weight is 163 g/mol. The number of urea groups is 1. The Kier molecular flexibility index (Phi) is 3.35. The Balaban J connectivity index is 0.000000810. The fourth-order valence-corrected chi connectivity index (χ4v) is 0.434. The number of halogens is 1. The molecule has 56 valence electrons. The molecule has 0 fully saturated rings. The Hall–Kier alpha value is -1.16. The number of hydrogen-bond acceptors (Lipinski definition) is 2. The summed E-state index contributed by atoms with van der Waals surface area (Å²) in [6.45, 7) is 0. The number of nitrogens with zero attached hydrogens (tertiary/aromatic N) is 1. The first-order valence-corrected chi connectivity index (χ1v) is 2.39. The van der Waals surface area contributed by atoms with Crippen LogP contribution < -0.4 is 5.73 Å². The normalized spacial score (nSPS) is 13.8. The number of hydrogen-bond donors (Lipinski definition) is 1. The summed E-state index contributed by atoms with van der Waals surface area (Å²) in [7, 11) is 0. The maximum absolute atomic E-state index is 10.3. The predicted molar refractivity (Wildman–Crippen MR) is 38.0 cm³/mol. The Bertz CT molecular complexity index is 178. The van der Waals surface area contributed by atoms with Crippen LogP contribution in [0.1, 0.15) is 0 Å². The van der Waals surface area contributed by atoms with Crippen molar-refractivity contribution in [2.24, 2.45) is 5.73 Å². The van der Waals surface area contributed by atoms with Crippen LogP contribution in [-0.4, -0.2) is 11.1 Å². The topological polar surface area (TPSA) is 55.6 Å². The van der Waals surface area contributed by atoms with E-state index in [9.17, 15) is 4.79 Å². The van der Waals surface area contributed by atoms with Gasteiger partial charge in [0.2, 0.25) is 0 Å². The first kappa shape index (κ1) is 8.84. The molecule has 2 amide bonds. The van der Waals surface area contributed by atoms with Crippen LogP contribution in [0.4, 0.5) is 4.79 Å². The summed E-state index contributed by atoms with van der Waals surface area (Å²) in [5.41, 5.74) is 4.84. The fraction of sp³-hybridized carbons (Fsp3) is 0. The lowest BCUT2D eigenvalue weighted by molar-refractivity contribution is -0.0129. The molecule has 0 aromatic carbocycles. The summed E-state index contributed by atoms with van der Waals surface area (Å²) in [5.74, 6) is 0. The molecule has 2 N–H and O–H groups in total. The summed E-state index contributed by atoms with van der Waals surface area (Å²) < 4.78 is 0. The monoisotopic (exact) mass is 162 g/mol. The van der Waals surface area contributed by atoms with Gasteiger partial charge in [-0.15, -0.1) is 17.5 Å². The summed E-state index contributed by atoms with van der Waals surface area (Å²) in [6, 6.07) is -0.629. The average Bonchev–Trinajstić information content (AvgIpc) is 1.90. The van der Waals surface area contributed by atoms with Gasteiger partial charge in [0, 0.05) is 0 Å². The third-order valence-electron chi connectivity index (χ3n) is 0.803. The van der Waals surface area contributed by atoms with Gasteiger partial charge in [0.25, 0.3) is 0 Å². The number of carbonyl (C=O) groups excluding carboxylic acids is 1. The molecule has 1 aliphatic heterocycles. The molecule has 0 aromatic heterocycles. The summed E-state index contributed by atoms with van der Waals surface area (Å²) in [4.78, 5) is 14.9. The minimum absolute atomic E-state index is 0. The maximum Gasteiger partial charge on any atom is 0.352 e. The van der Waals surface area contributed by atoms with Gasteiger partial charge in [0.05, 0.1) is 6.20 Å². The quantitative estimate of drug-likeness (QED) is 0.572. The van der Waals surface area contributed by atoms with Gasteiger partial charge in [-0.05, 0) is 12.2 Å². The zero-order valence-corrected chi connectivity index (χ0v) is 5.88. The summed E-state index contributed by atoms with van der Waals surface area (Å²) in [5, 5.41) is 0.931. The van der Waals surface area contributed by atoms with E-state index < -0.39 is 6.03 Å². The molecule has 0 atom stereocenters. The van der Waals surface area contributed by atoms with Crippen molar-refractivity contribution in [3.8, 4) is 0 Å². The minimum Gasteiger partial charge on any atom is -0.379 e. The van der Waals surface area contributed by atoms with E-state index in [1.807, 2.05) is 0 Å². The second kappa shape index (κ2) is 3.79. The third kappa shape index (κ3) is 1.99. The van der Waals surface area contributed by atoms with E-state index in [1.165, 1.54) is 12.5 Å². The van der Waals surface area contributed by atoms with Crippen LogP contribution in [0.3, 0.4) is 0 Å². The molecule has 0 saturated carbocycles. The highest BCUT2D eigenvalue weighted by molar-refractivity contribution is 5.85. The van der Waals surface area contributed by atoms with Crippen LogP contribution in [0.5, 0.6) is 0 Å². The zero-order valence-electron chi connectivity index (χ0n) is 5.06. The van der Waals surface area contributed by atoms with Gasteiger partial charge in [-0.2, -0.15) is 0 Å². The first-order chi connectivity index (χ1) is 4.30. The number of allylic oxidation sites excluding steroid dienone is 2. The van der Waals surface area contributed by atoms with E-state index in [-0.39, 0.29) is 12.4 Å². The zero-order chi connectivity index (χ0) is 6.69. The molecule has 1 aliphatic rings. The van der Waals surface area contributed by atoms with Crippen LogP contribution in [0.2, 0.25) is 0 Å². The van der Waals surface area contributed by atoms with Gasteiger partial charge in [0.1, 0.15) is 6.26 Å². The van der Waals surface area contributed by atoms with E-state index in [0.29, 0.717) is 0 Å². The molecule has 1 rings (SSSR count). The van der Waals surface area contributed by atoms with Crippen molar-refractivity contribution < 1.29 is 9.63 Å². The Morgan fingerprint density at radius 3 is 2.50 bits per heavy atom. The number of rotatable bonds is 0. The van der Waals surface area contributed by atoms with E-state index in [1.54, 1.807) is 12.2 Å². The fourth-order valence-electron chi connectivity index (χ4n) is 0.434. The molecule has 4 nitrogen and oxygen atoms in total. The number of nitrogens with two attached hydrogens (primary N) is 1. The lowest BCUT2D eigenvalue weighted by atomic mass is 10.5. The van der Waals surface area contributed by atoms with Crippen LogP contribution in [0.15, 0.2) is 24.6 Å². The van der Waals surface area contributed by atoms with Gasteiger partial charge < -0.3 is 10.6 Å². The number of amides is 2. The highest BCUT2D eigenvalue weighted by Gasteiger charge is 2.05. The van der Waals surface area contributed by atoms with Crippen molar-refractivity contribution in [1.82, 2.24) is 5.06 Å². The van der Waals surface area contributed by atoms with Crippen LogP contribution >= 0.6 is 12.4 Å². The Labute approximate surface area is 64.3 Å². The maximum atomic E-state index is 10.3. The number of hydroxylamine groups is 2. The molecule has 0 aromatic rings. The standard InChI is InChI=1S/C5H6N2O2.ClH/c6-5(8)7-3-1-2-4-9-7;/h1-4H,(H2,6,8);1H. The van der Waals surface area contributed by atoms with Crippen molar-refractivity contribution in [1.29, 1.82) is 0 Å². The molecular weight excluding hydrogens is 156 g/mol.